The molecule has 0 aliphatic rings. The summed E-state index contributed by atoms with van der Waals surface area (Å²) in [4.78, 5) is 18.9. The molecule has 7 heteroatoms. The minimum absolute atomic E-state index is 0.0764. The van der Waals surface area contributed by atoms with Gasteiger partial charge in [0.15, 0.2) is 0 Å². The summed E-state index contributed by atoms with van der Waals surface area (Å²) in [6.07, 6.45) is 2.15. The average molecular weight is 405 g/mol. The van der Waals surface area contributed by atoms with Gasteiger partial charge in [-0.05, 0) is 24.8 Å². The van der Waals surface area contributed by atoms with Crippen molar-refractivity contribution in [1.82, 2.24) is 14.7 Å². The summed E-state index contributed by atoms with van der Waals surface area (Å²) in [5, 5.41) is 3.83. The van der Waals surface area contributed by atoms with Gasteiger partial charge in [-0.25, -0.2) is 4.98 Å². The van der Waals surface area contributed by atoms with E-state index in [0.29, 0.717) is 38.5 Å². The lowest BCUT2D eigenvalue weighted by atomic mass is 10.1. The van der Waals surface area contributed by atoms with Gasteiger partial charge in [-0.15, -0.1) is 0 Å². The SMILES string of the molecule is COCCN(CCC(=O)NCCC(C)C)c1nc(Cc2ccc(C)cc2)ns1. The molecular formula is C21H32N4O2S. The predicted molar refractivity (Wildman–Crippen MR) is 115 cm³/mol. The number of rotatable bonds is 12. The molecule has 1 N–H and O–H groups in total. The monoisotopic (exact) mass is 404 g/mol. The zero-order chi connectivity index (χ0) is 20.4. The van der Waals surface area contributed by atoms with E-state index in [4.69, 9.17) is 9.72 Å². The zero-order valence-corrected chi connectivity index (χ0v) is 18.2. The van der Waals surface area contributed by atoms with E-state index in [1.165, 1.54) is 22.7 Å². The first-order valence-electron chi connectivity index (χ1n) is 9.86. The Morgan fingerprint density at radius 2 is 2.00 bits per heavy atom. The van der Waals surface area contributed by atoms with E-state index in [1.54, 1.807) is 7.11 Å². The number of hydrogen-bond donors (Lipinski definition) is 1. The van der Waals surface area contributed by atoms with Crippen LogP contribution in [-0.4, -0.2) is 48.6 Å². The number of hydrogen-bond acceptors (Lipinski definition) is 6. The van der Waals surface area contributed by atoms with Crippen LogP contribution in [0.4, 0.5) is 5.13 Å². The van der Waals surface area contributed by atoms with Gasteiger partial charge in [0.1, 0.15) is 5.82 Å². The van der Waals surface area contributed by atoms with E-state index in [0.717, 1.165) is 23.9 Å². The molecule has 0 saturated carbocycles. The fraction of sp³-hybridized carbons (Fsp3) is 0.571. The maximum absolute atomic E-state index is 12.1. The summed E-state index contributed by atoms with van der Waals surface area (Å²) in [7, 11) is 1.68. The number of carbonyl (C=O) groups excluding carboxylic acids is 1. The van der Waals surface area contributed by atoms with Gasteiger partial charge in [0.25, 0.3) is 0 Å². The van der Waals surface area contributed by atoms with Gasteiger partial charge in [0.2, 0.25) is 11.0 Å². The van der Waals surface area contributed by atoms with Crippen LogP contribution >= 0.6 is 11.5 Å². The molecule has 1 aromatic heterocycles. The summed E-state index contributed by atoms with van der Waals surface area (Å²) in [5.74, 6) is 1.48. The van der Waals surface area contributed by atoms with Crippen molar-refractivity contribution in [1.29, 1.82) is 0 Å². The van der Waals surface area contributed by atoms with Crippen molar-refractivity contribution in [2.45, 2.75) is 40.0 Å². The molecule has 0 aliphatic heterocycles. The Morgan fingerprint density at radius 1 is 1.25 bits per heavy atom. The first-order chi connectivity index (χ1) is 13.5. The molecule has 1 aromatic carbocycles. The van der Waals surface area contributed by atoms with Crippen molar-refractivity contribution in [3.63, 3.8) is 0 Å². The number of aryl methyl sites for hydroxylation is 1. The van der Waals surface area contributed by atoms with Crippen LogP contribution in [0, 0.1) is 12.8 Å². The van der Waals surface area contributed by atoms with E-state index < -0.39 is 0 Å². The van der Waals surface area contributed by atoms with Gasteiger partial charge in [0.05, 0.1) is 6.61 Å². The van der Waals surface area contributed by atoms with Crippen LogP contribution in [0.3, 0.4) is 0 Å². The minimum Gasteiger partial charge on any atom is -0.383 e. The smallest absolute Gasteiger partial charge is 0.221 e. The van der Waals surface area contributed by atoms with Crippen molar-refractivity contribution in [3.05, 3.63) is 41.2 Å². The third kappa shape index (κ3) is 7.94. The van der Waals surface area contributed by atoms with Crippen molar-refractivity contribution in [3.8, 4) is 0 Å². The predicted octanol–water partition coefficient (Wildman–Crippen LogP) is 3.44. The molecule has 0 bridgehead atoms. The fourth-order valence-electron chi connectivity index (χ4n) is 2.66. The second-order valence-corrected chi connectivity index (χ2v) is 8.15. The van der Waals surface area contributed by atoms with E-state index >= 15 is 0 Å². The zero-order valence-electron chi connectivity index (χ0n) is 17.4. The lowest BCUT2D eigenvalue weighted by Crippen LogP contribution is -2.33. The quantitative estimate of drug-likeness (QED) is 0.587. The van der Waals surface area contributed by atoms with Crippen LogP contribution in [0.1, 0.15) is 43.6 Å². The Hall–Kier alpha value is -1.99. The summed E-state index contributed by atoms with van der Waals surface area (Å²) < 4.78 is 9.73. The molecule has 0 aliphatic carbocycles. The highest BCUT2D eigenvalue weighted by Crippen LogP contribution is 2.19. The standard InChI is InChI=1S/C21H32N4O2S/c1-16(2)9-11-22-20(26)10-12-25(13-14-27-4)21-23-19(24-28-21)15-18-7-5-17(3)6-8-18/h5-8,16H,9-15H2,1-4H3,(H,22,26). The van der Waals surface area contributed by atoms with Gasteiger partial charge in [-0.3, -0.25) is 4.79 Å². The van der Waals surface area contributed by atoms with Crippen LogP contribution in [0.15, 0.2) is 24.3 Å². The third-order valence-electron chi connectivity index (χ3n) is 4.43. The molecule has 0 unspecified atom stereocenters. The highest BCUT2D eigenvalue weighted by molar-refractivity contribution is 7.09. The number of aromatic nitrogens is 2. The lowest BCUT2D eigenvalue weighted by molar-refractivity contribution is -0.120. The Balaban J connectivity index is 1.91. The Bertz CT molecular complexity index is 715. The van der Waals surface area contributed by atoms with Gasteiger partial charge < -0.3 is 15.0 Å². The maximum Gasteiger partial charge on any atom is 0.221 e. The van der Waals surface area contributed by atoms with Crippen LogP contribution in [0.25, 0.3) is 0 Å². The van der Waals surface area contributed by atoms with E-state index in [1.807, 2.05) is 0 Å². The van der Waals surface area contributed by atoms with Gasteiger partial charge in [-0.2, -0.15) is 4.37 Å². The molecule has 0 fully saturated rings. The number of methoxy groups -OCH3 is 1. The summed E-state index contributed by atoms with van der Waals surface area (Å²) in [5.41, 5.74) is 2.44. The van der Waals surface area contributed by atoms with Crippen molar-refractivity contribution in [2.75, 3.05) is 38.3 Å². The maximum atomic E-state index is 12.1. The number of nitrogens with zero attached hydrogens (tertiary/aromatic N) is 3. The minimum atomic E-state index is 0.0764. The van der Waals surface area contributed by atoms with Gasteiger partial charge in [-0.1, -0.05) is 43.7 Å². The third-order valence-corrected chi connectivity index (χ3v) is 5.24. The van der Waals surface area contributed by atoms with E-state index in [2.05, 4.69) is 59.6 Å². The molecule has 0 spiro atoms. The molecule has 0 saturated heterocycles. The number of benzene rings is 1. The molecule has 154 valence electrons. The average Bonchev–Trinajstić information content (AvgIpc) is 3.11. The highest BCUT2D eigenvalue weighted by Gasteiger charge is 2.14. The summed E-state index contributed by atoms with van der Waals surface area (Å²) in [6, 6.07) is 8.43. The molecule has 28 heavy (non-hydrogen) atoms. The summed E-state index contributed by atoms with van der Waals surface area (Å²) >= 11 is 1.38. The molecular weight excluding hydrogens is 372 g/mol. The molecule has 0 atom stereocenters. The normalized spacial score (nSPS) is 11.0. The Kier molecular flexibility index (Phi) is 9.37. The van der Waals surface area contributed by atoms with Crippen LogP contribution in [0.5, 0.6) is 0 Å². The molecule has 6 nitrogen and oxygen atoms in total. The number of anilines is 1. The molecule has 0 radical (unpaired) electrons. The van der Waals surface area contributed by atoms with E-state index in [-0.39, 0.29) is 5.91 Å². The van der Waals surface area contributed by atoms with Gasteiger partial charge in [0, 0.05) is 51.1 Å². The number of amides is 1. The Morgan fingerprint density at radius 3 is 2.68 bits per heavy atom. The molecule has 1 heterocycles. The first kappa shape index (κ1) is 22.3. The van der Waals surface area contributed by atoms with Crippen molar-refractivity contribution in [2.24, 2.45) is 5.92 Å². The van der Waals surface area contributed by atoms with Crippen LogP contribution < -0.4 is 10.2 Å². The number of nitrogens with one attached hydrogen (secondary N) is 1. The molecule has 1 amide bonds. The van der Waals surface area contributed by atoms with Crippen molar-refractivity contribution < 1.29 is 9.53 Å². The lowest BCUT2D eigenvalue weighted by Gasteiger charge is -2.20. The molecule has 2 aromatic rings. The second kappa shape index (κ2) is 11.8. The van der Waals surface area contributed by atoms with E-state index in [9.17, 15) is 4.79 Å². The van der Waals surface area contributed by atoms with Crippen LogP contribution in [0.2, 0.25) is 0 Å². The van der Waals surface area contributed by atoms with Crippen LogP contribution in [-0.2, 0) is 16.0 Å². The van der Waals surface area contributed by atoms with Gasteiger partial charge >= 0.3 is 0 Å². The Labute approximate surface area is 172 Å². The fourth-order valence-corrected chi connectivity index (χ4v) is 3.40. The summed E-state index contributed by atoms with van der Waals surface area (Å²) in [6.45, 7) is 9.00. The van der Waals surface area contributed by atoms with Crippen molar-refractivity contribution >= 4 is 22.6 Å². The second-order valence-electron chi connectivity index (χ2n) is 7.42. The number of carbonyl (C=O) groups is 1. The first-order valence-corrected chi connectivity index (χ1v) is 10.6. The molecule has 2 rings (SSSR count). The number of ether oxygens (including phenoxy) is 1. The largest absolute Gasteiger partial charge is 0.383 e. The topological polar surface area (TPSA) is 67.3 Å². The highest BCUT2D eigenvalue weighted by atomic mass is 32.1.